The number of para-hydroxylation sites is 2. The van der Waals surface area contributed by atoms with Crippen molar-refractivity contribution in [3.63, 3.8) is 0 Å². The maximum atomic E-state index is 11.8. The highest BCUT2D eigenvalue weighted by Gasteiger charge is 2.34. The van der Waals surface area contributed by atoms with E-state index in [-0.39, 0.29) is 6.04 Å². The quantitative estimate of drug-likeness (QED) is 0.902. The predicted octanol–water partition coefficient (Wildman–Crippen LogP) is 4.58. The number of benzene rings is 2. The van der Waals surface area contributed by atoms with Crippen LogP contribution in [0, 0.1) is 6.92 Å². The summed E-state index contributed by atoms with van der Waals surface area (Å²) in [4.78, 5) is 13.3. The van der Waals surface area contributed by atoms with Crippen LogP contribution in [0.15, 0.2) is 42.5 Å². The minimum Gasteiger partial charge on any atom is -0.465 e. The Morgan fingerprint density at radius 3 is 2.64 bits per heavy atom. The first-order chi connectivity index (χ1) is 10.6. The van der Waals surface area contributed by atoms with Crippen molar-refractivity contribution in [2.24, 2.45) is 0 Å². The van der Waals surface area contributed by atoms with Crippen molar-refractivity contribution in [1.29, 1.82) is 0 Å². The average Bonchev–Trinajstić information content (AvgIpc) is 2.51. The third-order valence-electron chi connectivity index (χ3n) is 3.98. The highest BCUT2D eigenvalue weighted by molar-refractivity contribution is 5.69. The first kappa shape index (κ1) is 14.4. The van der Waals surface area contributed by atoms with Crippen LogP contribution in [0.1, 0.15) is 36.1 Å². The maximum Gasteiger partial charge on any atom is 0.408 e. The molecule has 0 saturated heterocycles. The zero-order chi connectivity index (χ0) is 15.7. The van der Waals surface area contributed by atoms with Gasteiger partial charge in [-0.2, -0.15) is 0 Å². The summed E-state index contributed by atoms with van der Waals surface area (Å²) in [6.07, 6.45) is -0.136. The molecule has 0 aromatic heterocycles. The fourth-order valence-corrected chi connectivity index (χ4v) is 3.02. The average molecular weight is 297 g/mol. The van der Waals surface area contributed by atoms with Gasteiger partial charge in [0.1, 0.15) is 11.5 Å². The molecule has 0 aliphatic carbocycles. The lowest BCUT2D eigenvalue weighted by Gasteiger charge is -2.35. The molecule has 1 heterocycles. The molecule has 1 aliphatic rings. The van der Waals surface area contributed by atoms with E-state index >= 15 is 0 Å². The van der Waals surface area contributed by atoms with E-state index in [1.165, 1.54) is 4.90 Å². The predicted molar refractivity (Wildman–Crippen MR) is 84.6 cm³/mol. The molecule has 114 valence electrons. The largest absolute Gasteiger partial charge is 0.465 e. The summed E-state index contributed by atoms with van der Waals surface area (Å²) in [6.45, 7) is 4.45. The lowest BCUT2D eigenvalue weighted by Crippen LogP contribution is -2.36. The maximum absolute atomic E-state index is 11.8. The van der Waals surface area contributed by atoms with Gasteiger partial charge in [-0.3, -0.25) is 4.90 Å². The highest BCUT2D eigenvalue weighted by atomic mass is 16.5. The minimum absolute atomic E-state index is 0.322. The molecule has 2 aromatic rings. The Morgan fingerprint density at radius 1 is 1.18 bits per heavy atom. The number of hydrogen-bond donors (Lipinski definition) is 1. The second-order valence-corrected chi connectivity index (χ2v) is 5.51. The molecule has 3 rings (SSSR count). The summed E-state index contributed by atoms with van der Waals surface area (Å²) < 4.78 is 6.03. The van der Waals surface area contributed by atoms with Crippen molar-refractivity contribution >= 4 is 6.09 Å². The van der Waals surface area contributed by atoms with E-state index < -0.39 is 6.09 Å². The van der Waals surface area contributed by atoms with E-state index in [1.807, 2.05) is 56.3 Å². The number of rotatable bonds is 3. The number of amides is 1. The van der Waals surface area contributed by atoms with Crippen molar-refractivity contribution in [3.05, 3.63) is 59.2 Å². The van der Waals surface area contributed by atoms with Gasteiger partial charge in [0.25, 0.3) is 0 Å². The Morgan fingerprint density at radius 2 is 1.91 bits per heavy atom. The first-order valence-electron chi connectivity index (χ1n) is 7.49. The Bertz CT molecular complexity index is 711. The summed E-state index contributed by atoms with van der Waals surface area (Å²) in [5.41, 5.74) is 2.82. The van der Waals surface area contributed by atoms with Crippen molar-refractivity contribution in [3.8, 4) is 11.5 Å². The van der Waals surface area contributed by atoms with Crippen molar-refractivity contribution in [2.75, 3.05) is 6.54 Å². The Balaban J connectivity index is 2.20. The standard InChI is InChI=1S/C18H19NO3/c1-3-11-19(18(20)21)16-13-8-4-5-10-15(13)22-17-12(2)7-6-9-14(16)17/h4-10,16H,3,11H2,1-2H3,(H,20,21). The van der Waals surface area contributed by atoms with Gasteiger partial charge in [0.15, 0.2) is 0 Å². The van der Waals surface area contributed by atoms with Crippen LogP contribution in [-0.4, -0.2) is 22.6 Å². The van der Waals surface area contributed by atoms with E-state index in [9.17, 15) is 9.90 Å². The van der Waals surface area contributed by atoms with Crippen LogP contribution in [-0.2, 0) is 0 Å². The van der Waals surface area contributed by atoms with Gasteiger partial charge in [0, 0.05) is 17.7 Å². The molecule has 1 atom stereocenters. The first-order valence-corrected chi connectivity index (χ1v) is 7.49. The number of aryl methyl sites for hydroxylation is 1. The van der Waals surface area contributed by atoms with Crippen LogP contribution in [0.4, 0.5) is 4.79 Å². The van der Waals surface area contributed by atoms with Crippen LogP contribution >= 0.6 is 0 Å². The molecule has 2 aromatic carbocycles. The molecule has 0 spiro atoms. The molecule has 4 nitrogen and oxygen atoms in total. The van der Waals surface area contributed by atoms with Crippen LogP contribution in [0.5, 0.6) is 11.5 Å². The topological polar surface area (TPSA) is 49.8 Å². The molecular formula is C18H19NO3. The third-order valence-corrected chi connectivity index (χ3v) is 3.98. The van der Waals surface area contributed by atoms with Crippen LogP contribution in [0.2, 0.25) is 0 Å². The van der Waals surface area contributed by atoms with Crippen molar-refractivity contribution in [1.82, 2.24) is 4.90 Å². The zero-order valence-corrected chi connectivity index (χ0v) is 12.7. The fraction of sp³-hybridized carbons (Fsp3) is 0.278. The number of fused-ring (bicyclic) bond motifs is 2. The number of carbonyl (C=O) groups is 1. The lowest BCUT2D eigenvalue weighted by molar-refractivity contribution is 0.130. The number of hydrogen-bond acceptors (Lipinski definition) is 2. The molecule has 1 unspecified atom stereocenters. The Kier molecular flexibility index (Phi) is 3.75. The molecule has 1 aliphatic heterocycles. The SMILES string of the molecule is CCCN(C(=O)O)C1c2ccccc2Oc2c(C)cccc21. The molecule has 0 radical (unpaired) electrons. The van der Waals surface area contributed by atoms with E-state index in [2.05, 4.69) is 0 Å². The summed E-state index contributed by atoms with van der Waals surface area (Å²) in [5.74, 6) is 1.50. The monoisotopic (exact) mass is 297 g/mol. The molecule has 4 heteroatoms. The molecule has 1 N–H and O–H groups in total. The summed E-state index contributed by atoms with van der Waals surface area (Å²) in [5, 5.41) is 9.66. The van der Waals surface area contributed by atoms with E-state index in [0.29, 0.717) is 6.54 Å². The summed E-state index contributed by atoms with van der Waals surface area (Å²) >= 11 is 0. The van der Waals surface area contributed by atoms with E-state index in [4.69, 9.17) is 4.74 Å². The number of carboxylic acid groups (broad SMARTS) is 1. The molecular weight excluding hydrogens is 278 g/mol. The van der Waals surface area contributed by atoms with E-state index in [1.54, 1.807) is 0 Å². The van der Waals surface area contributed by atoms with Gasteiger partial charge >= 0.3 is 6.09 Å². The van der Waals surface area contributed by atoms with Crippen molar-refractivity contribution in [2.45, 2.75) is 26.3 Å². The molecule has 22 heavy (non-hydrogen) atoms. The normalized spacial score (nSPS) is 15.5. The minimum atomic E-state index is -0.906. The smallest absolute Gasteiger partial charge is 0.408 e. The third kappa shape index (κ3) is 2.30. The molecule has 0 bridgehead atoms. The Labute approximate surface area is 130 Å². The molecule has 0 fully saturated rings. The van der Waals surface area contributed by atoms with Gasteiger partial charge in [0.2, 0.25) is 0 Å². The Hall–Kier alpha value is -2.49. The van der Waals surface area contributed by atoms with Gasteiger partial charge in [0.05, 0.1) is 6.04 Å². The lowest BCUT2D eigenvalue weighted by atomic mass is 9.91. The summed E-state index contributed by atoms with van der Waals surface area (Å²) in [7, 11) is 0. The second-order valence-electron chi connectivity index (χ2n) is 5.51. The fourth-order valence-electron chi connectivity index (χ4n) is 3.02. The highest BCUT2D eigenvalue weighted by Crippen LogP contribution is 2.46. The van der Waals surface area contributed by atoms with Crippen LogP contribution in [0.3, 0.4) is 0 Å². The van der Waals surface area contributed by atoms with E-state index in [0.717, 1.165) is 34.6 Å². The van der Waals surface area contributed by atoms with Gasteiger partial charge in [-0.1, -0.05) is 43.3 Å². The van der Waals surface area contributed by atoms with Gasteiger partial charge in [-0.15, -0.1) is 0 Å². The van der Waals surface area contributed by atoms with Crippen LogP contribution in [0.25, 0.3) is 0 Å². The second kappa shape index (κ2) is 5.72. The van der Waals surface area contributed by atoms with Gasteiger partial charge < -0.3 is 9.84 Å². The van der Waals surface area contributed by atoms with Crippen LogP contribution < -0.4 is 4.74 Å². The summed E-state index contributed by atoms with van der Waals surface area (Å²) in [6, 6.07) is 13.2. The van der Waals surface area contributed by atoms with Gasteiger partial charge in [-0.25, -0.2) is 4.79 Å². The zero-order valence-electron chi connectivity index (χ0n) is 12.7. The molecule has 1 amide bonds. The number of ether oxygens (including phenoxy) is 1. The molecule has 0 saturated carbocycles. The van der Waals surface area contributed by atoms with Crippen molar-refractivity contribution < 1.29 is 14.6 Å². The van der Waals surface area contributed by atoms with Gasteiger partial charge in [-0.05, 0) is 25.0 Å². The number of nitrogens with zero attached hydrogens (tertiary/aromatic N) is 1.